The number of carbonyl (C=O) groups is 1. The number of nitrogens with one attached hydrogen (secondary N) is 1. The second kappa shape index (κ2) is 10.9. The Hall–Kier alpha value is -1.80. The summed E-state index contributed by atoms with van der Waals surface area (Å²) in [5.41, 5.74) is 8.92. The predicted octanol–water partition coefficient (Wildman–Crippen LogP) is 3.67. The molecule has 1 N–H and O–H groups in total. The van der Waals surface area contributed by atoms with Gasteiger partial charge in [0.1, 0.15) is 12.6 Å². The Kier molecular flexibility index (Phi) is 9.30. The normalized spacial score (nSPS) is 12.2. The van der Waals surface area contributed by atoms with Crippen LogP contribution in [-0.2, 0) is 21.5 Å². The van der Waals surface area contributed by atoms with Gasteiger partial charge in [-0.3, -0.25) is 0 Å². The van der Waals surface area contributed by atoms with Gasteiger partial charge in [-0.25, -0.2) is 4.79 Å². The monoisotopic (exact) mass is 389 g/mol. The third-order valence-corrected chi connectivity index (χ3v) is 4.84. The van der Waals surface area contributed by atoms with Gasteiger partial charge in [0.2, 0.25) is 4.91 Å². The smallest absolute Gasteiger partial charge is 0.404 e. The van der Waals surface area contributed by atoms with Gasteiger partial charge in [-0.05, 0) is 31.7 Å². The molecule has 1 aromatic carbocycles. The van der Waals surface area contributed by atoms with Crippen LogP contribution in [0, 0.1) is 0 Å². The summed E-state index contributed by atoms with van der Waals surface area (Å²) in [6.45, 7) is 1.88. The summed E-state index contributed by atoms with van der Waals surface area (Å²) in [6.07, 6.45) is 2.23. The molecule has 0 amide bonds. The van der Waals surface area contributed by atoms with Crippen molar-refractivity contribution in [2.75, 3.05) is 6.54 Å². The van der Waals surface area contributed by atoms with Crippen molar-refractivity contribution in [3.8, 4) is 0 Å². The number of hydrogen-bond acceptors (Lipinski definition) is 4. The summed E-state index contributed by atoms with van der Waals surface area (Å²) in [5, 5.41) is 0. The molecule has 0 aliphatic carbocycles. The summed E-state index contributed by atoms with van der Waals surface area (Å²) in [5.74, 6) is 0. The van der Waals surface area contributed by atoms with Crippen LogP contribution in [0.5, 0.6) is 0 Å². The molecule has 0 aliphatic heterocycles. The van der Waals surface area contributed by atoms with Crippen molar-refractivity contribution in [3.63, 3.8) is 0 Å². The number of ether oxygens (including phenoxy) is 1. The molecule has 1 unspecified atom stereocenters. The Balaban J connectivity index is 2.37. The van der Waals surface area contributed by atoms with Gasteiger partial charge >= 0.3 is 21.2 Å². The highest BCUT2D eigenvalue weighted by atomic mass is 35.5. The first-order valence-electron chi connectivity index (χ1n) is 7.87. The van der Waals surface area contributed by atoms with Crippen molar-refractivity contribution in [1.82, 2.24) is 4.72 Å². The molecule has 0 spiro atoms. The first-order valence-corrected chi connectivity index (χ1v) is 9.69. The van der Waals surface area contributed by atoms with Gasteiger partial charge in [-0.15, -0.1) is 0 Å². The molecule has 0 saturated heterocycles. The predicted molar refractivity (Wildman–Crippen MR) is 94.3 cm³/mol. The SMILES string of the molecule is CC(CCCCC[N+](=[N+]=[N-])S(=O)(=O)NCc1ccccc1)OC(=O)Cl. The minimum Gasteiger partial charge on any atom is -0.451 e. The van der Waals surface area contributed by atoms with E-state index in [9.17, 15) is 13.2 Å². The van der Waals surface area contributed by atoms with E-state index in [-0.39, 0.29) is 19.2 Å². The van der Waals surface area contributed by atoms with E-state index in [0.29, 0.717) is 23.4 Å². The fraction of sp³-hybridized carbons (Fsp3) is 0.533. The summed E-state index contributed by atoms with van der Waals surface area (Å²) < 4.78 is 32.0. The zero-order valence-electron chi connectivity index (χ0n) is 14.0. The molecule has 8 nitrogen and oxygen atoms in total. The van der Waals surface area contributed by atoms with Crippen LogP contribution in [0.25, 0.3) is 10.4 Å². The van der Waals surface area contributed by atoms with Crippen LogP contribution in [0.4, 0.5) is 4.79 Å². The molecular formula is C15H22ClN4O4S+. The number of rotatable bonds is 11. The summed E-state index contributed by atoms with van der Waals surface area (Å²) >= 11 is 5.12. The van der Waals surface area contributed by atoms with E-state index in [1.54, 1.807) is 31.2 Å². The van der Waals surface area contributed by atoms with Gasteiger partial charge in [0.15, 0.2) is 0 Å². The largest absolute Gasteiger partial charge is 0.451 e. The molecule has 10 heteroatoms. The molecule has 1 aromatic rings. The standard InChI is InChI=1S/C15H22ClN4O4S/c1-13(24-15(16)21)8-4-3-7-11-20(19-17)25(22,23)18-12-14-9-5-2-6-10-14/h2,5-6,9-10,13,18H,3-4,7-8,11-12H2,1H3/q+1. The van der Waals surface area contributed by atoms with E-state index >= 15 is 0 Å². The Morgan fingerprint density at radius 2 is 2.00 bits per heavy atom. The van der Waals surface area contributed by atoms with E-state index in [2.05, 4.69) is 9.63 Å². The van der Waals surface area contributed by atoms with Crippen LogP contribution in [0.1, 0.15) is 38.2 Å². The van der Waals surface area contributed by atoms with E-state index < -0.39 is 15.6 Å². The number of unbranched alkanes of at least 4 members (excludes halogenated alkanes) is 2. The topological polar surface area (TPSA) is 112 Å². The number of hydrogen-bond donors (Lipinski definition) is 1. The minimum atomic E-state index is -3.91. The average Bonchev–Trinajstić information content (AvgIpc) is 2.56. The number of benzene rings is 1. The fourth-order valence-electron chi connectivity index (χ4n) is 2.13. The van der Waals surface area contributed by atoms with Crippen LogP contribution in [0.3, 0.4) is 0 Å². The van der Waals surface area contributed by atoms with Crippen molar-refractivity contribution in [3.05, 3.63) is 46.3 Å². The molecule has 0 aromatic heterocycles. The van der Waals surface area contributed by atoms with Crippen molar-refractivity contribution < 1.29 is 22.1 Å². The van der Waals surface area contributed by atoms with E-state index in [1.165, 1.54) is 0 Å². The second-order valence-corrected chi connectivity index (χ2v) is 7.43. The third kappa shape index (κ3) is 8.74. The van der Waals surface area contributed by atoms with Gasteiger partial charge < -0.3 is 4.74 Å². The van der Waals surface area contributed by atoms with Gasteiger partial charge in [-0.2, -0.15) is 13.1 Å². The molecule has 0 saturated carbocycles. The Bertz CT molecular complexity index is 706. The van der Waals surface area contributed by atoms with Crippen molar-refractivity contribution in [2.45, 2.75) is 45.3 Å². The van der Waals surface area contributed by atoms with E-state index in [1.807, 2.05) is 6.07 Å². The average molecular weight is 390 g/mol. The molecule has 0 fully saturated rings. The van der Waals surface area contributed by atoms with Crippen LogP contribution in [0.2, 0.25) is 0 Å². The summed E-state index contributed by atoms with van der Waals surface area (Å²) in [4.78, 5) is 13.4. The number of halogens is 1. The van der Waals surface area contributed by atoms with Crippen molar-refractivity contribution in [2.24, 2.45) is 0 Å². The maximum atomic E-state index is 12.1. The number of carbonyl (C=O) groups excluding carboxylic acids is 1. The lowest BCUT2D eigenvalue weighted by Gasteiger charge is -2.10. The first kappa shape index (κ1) is 21.2. The summed E-state index contributed by atoms with van der Waals surface area (Å²) in [6, 6.07) is 9.03. The Morgan fingerprint density at radius 1 is 1.32 bits per heavy atom. The second-order valence-electron chi connectivity index (χ2n) is 5.46. The molecule has 0 heterocycles. The third-order valence-electron chi connectivity index (χ3n) is 3.43. The lowest BCUT2D eigenvalue weighted by atomic mass is 10.1. The first-order chi connectivity index (χ1) is 11.8. The number of nitrogens with zero attached hydrogens (tertiary/aromatic N) is 3. The van der Waals surface area contributed by atoms with Crippen LogP contribution < -0.4 is 4.72 Å². The molecule has 1 rings (SSSR count). The van der Waals surface area contributed by atoms with Crippen LogP contribution >= 0.6 is 11.6 Å². The highest BCUT2D eigenvalue weighted by molar-refractivity contribution is 7.83. The maximum absolute atomic E-state index is 12.1. The van der Waals surface area contributed by atoms with E-state index in [0.717, 1.165) is 12.0 Å². The molecule has 25 heavy (non-hydrogen) atoms. The zero-order chi connectivity index (χ0) is 18.7. The van der Waals surface area contributed by atoms with Crippen LogP contribution in [-0.4, -0.2) is 30.6 Å². The molecule has 0 radical (unpaired) electrons. The minimum absolute atomic E-state index is 0.0459. The Morgan fingerprint density at radius 3 is 2.60 bits per heavy atom. The van der Waals surface area contributed by atoms with Crippen molar-refractivity contribution >= 4 is 27.2 Å². The lowest BCUT2D eigenvalue weighted by Crippen LogP contribution is -2.33. The molecule has 1 atom stereocenters. The van der Waals surface area contributed by atoms with Gasteiger partial charge in [-0.1, -0.05) is 36.8 Å². The van der Waals surface area contributed by atoms with Crippen LogP contribution in [0.15, 0.2) is 30.3 Å². The molecular weight excluding hydrogens is 368 g/mol. The van der Waals surface area contributed by atoms with Gasteiger partial charge in [0.25, 0.3) is 0 Å². The van der Waals surface area contributed by atoms with Gasteiger partial charge in [0, 0.05) is 18.1 Å². The lowest BCUT2D eigenvalue weighted by molar-refractivity contribution is -0.396. The highest BCUT2D eigenvalue weighted by Gasteiger charge is 2.22. The maximum Gasteiger partial charge on any atom is 0.404 e. The molecule has 0 aliphatic rings. The Labute approximate surface area is 152 Å². The highest BCUT2D eigenvalue weighted by Crippen LogP contribution is 2.09. The fourth-order valence-corrected chi connectivity index (χ4v) is 3.25. The van der Waals surface area contributed by atoms with Gasteiger partial charge in [0.05, 0.1) is 4.10 Å². The van der Waals surface area contributed by atoms with Crippen molar-refractivity contribution in [1.29, 1.82) is 0 Å². The molecule has 0 bridgehead atoms. The summed E-state index contributed by atoms with van der Waals surface area (Å²) in [7, 11) is -3.91. The zero-order valence-corrected chi connectivity index (χ0v) is 15.5. The molecule has 138 valence electrons. The van der Waals surface area contributed by atoms with E-state index in [4.69, 9.17) is 21.9 Å². The quantitative estimate of drug-likeness (QED) is 0.155.